The Labute approximate surface area is 659 Å². The molecule has 0 spiro atoms. The Hall–Kier alpha value is -8.81. The van der Waals surface area contributed by atoms with Crippen LogP contribution in [0, 0.1) is 19.3 Å². The number of ketones is 2. The van der Waals surface area contributed by atoms with Crippen molar-refractivity contribution in [3.05, 3.63) is 307 Å². The summed E-state index contributed by atoms with van der Waals surface area (Å²) < 4.78 is 2.65. The largest absolute Gasteiger partial charge is 0.358 e. The van der Waals surface area contributed by atoms with E-state index in [-0.39, 0.29) is 26.4 Å². The van der Waals surface area contributed by atoms with Gasteiger partial charge in [-0.1, -0.05) is 124 Å². The number of nitrogens with one attached hydrogen (secondary N) is 1. The van der Waals surface area contributed by atoms with Gasteiger partial charge >= 0.3 is 0 Å². The fourth-order valence-electron chi connectivity index (χ4n) is 15.1. The Morgan fingerprint density at radius 3 is 1.48 bits per heavy atom. The normalized spacial score (nSPS) is 19.1. The first-order valence-corrected chi connectivity index (χ1v) is 39.3. The average Bonchev–Trinajstić information content (AvgIpc) is 1.57. The molecule has 4 aliphatic heterocycles. The molecule has 11 aromatic rings. The Morgan fingerprint density at radius 2 is 0.991 bits per heavy atom. The second kappa shape index (κ2) is 37.8. The van der Waals surface area contributed by atoms with Crippen molar-refractivity contribution in [1.82, 2.24) is 59.1 Å². The van der Waals surface area contributed by atoms with Crippen LogP contribution in [0.3, 0.4) is 0 Å². The lowest BCUT2D eigenvalue weighted by Gasteiger charge is -2.46. The van der Waals surface area contributed by atoms with E-state index in [1.54, 1.807) is 85.4 Å². The van der Waals surface area contributed by atoms with Gasteiger partial charge in [0, 0.05) is 211 Å². The third-order valence-electron chi connectivity index (χ3n) is 20.4. The van der Waals surface area contributed by atoms with E-state index in [1.807, 2.05) is 92.4 Å². The summed E-state index contributed by atoms with van der Waals surface area (Å²) in [5.41, 5.74) is 23.5. The van der Waals surface area contributed by atoms with Crippen LogP contribution in [-0.4, -0.2) is 129 Å². The van der Waals surface area contributed by atoms with Gasteiger partial charge in [0.05, 0.1) is 4.32 Å². The van der Waals surface area contributed by atoms with Gasteiger partial charge in [-0.25, -0.2) is 0 Å². The van der Waals surface area contributed by atoms with Crippen LogP contribution in [0.1, 0.15) is 151 Å². The summed E-state index contributed by atoms with van der Waals surface area (Å²) in [5, 5.41) is 4.53. The van der Waals surface area contributed by atoms with Gasteiger partial charge in [0.2, 0.25) is 0 Å². The maximum atomic E-state index is 12.1. The Balaban J connectivity index is 0.000000151. The number of pyridine rings is 7. The number of Topliss-reactive ketones (excluding diaryl/α,β-unsaturated/α-hetero) is 2. The first-order chi connectivity index (χ1) is 51.1. The molecule has 0 radical (unpaired) electrons. The van der Waals surface area contributed by atoms with Crippen molar-refractivity contribution in [2.24, 2.45) is 5.41 Å². The van der Waals surface area contributed by atoms with Crippen molar-refractivity contribution in [2.75, 3.05) is 58.0 Å². The van der Waals surface area contributed by atoms with Crippen molar-refractivity contribution in [3.63, 3.8) is 0 Å². The minimum Gasteiger partial charge on any atom is -0.358 e. The zero-order chi connectivity index (χ0) is 77.1. The molecule has 5 unspecified atom stereocenters. The number of rotatable bonds is 13. The van der Waals surface area contributed by atoms with E-state index in [0.717, 1.165) is 103 Å². The molecule has 0 bridgehead atoms. The van der Waals surface area contributed by atoms with E-state index in [2.05, 4.69) is 244 Å². The molecule has 9 aromatic heterocycles. The first-order valence-electron chi connectivity index (χ1n) is 36.3. The quantitative estimate of drug-likeness (QED) is 0.0863. The van der Waals surface area contributed by atoms with Gasteiger partial charge in [-0.3, -0.25) is 44.5 Å². The number of carbonyl (C=O) groups excluding carboxylic acids is 2. The molecule has 0 aliphatic carbocycles. The number of allylic oxidation sites excluding steroid dienone is 4. The molecule has 13 heterocycles. The van der Waals surface area contributed by atoms with Gasteiger partial charge in [0.1, 0.15) is 5.78 Å². The second-order valence-corrected chi connectivity index (χ2v) is 32.9. The van der Waals surface area contributed by atoms with Crippen molar-refractivity contribution in [2.45, 2.75) is 122 Å². The predicted octanol–water partition coefficient (Wildman–Crippen LogP) is 20.3. The number of likely N-dealkylation sites (N-methyl/N-ethyl adjacent to an activating group) is 2. The molecule has 15 rings (SSSR count). The third kappa shape index (κ3) is 21.8. The van der Waals surface area contributed by atoms with Crippen molar-refractivity contribution < 1.29 is 9.59 Å². The number of H-pyrrole nitrogens is 1. The lowest BCUT2D eigenvalue weighted by molar-refractivity contribution is -0.131. The monoisotopic (exact) mass is 1620 g/mol. The summed E-state index contributed by atoms with van der Waals surface area (Å²) in [6, 6.07) is 41.3. The number of likely N-dealkylation sites (tertiary alicyclic amines) is 1. The van der Waals surface area contributed by atoms with Crippen molar-refractivity contribution in [3.8, 4) is 0 Å². The standard InChI is InChI=1S/2C22H25N3.C15H20N2O.C8H9Br2N.C8H8BrN.C8H9N.C7H7NO/c1-15-4-5-20-18(10-15)19-13-24(3)14-22(2)11-17(12-25(20)21(19)22)16-6-8-23-9-7-16;1-15-5-6-20-18(11-15)19-13-25(4)14-22(3,21(19)24-20)12-16(2)17-7-9-23-10-8-17;1-12(13-4-7-16-8-5-13)10-15(2)11-17(3)9-6-14(15)18;1-8(10,6-9)7-2-4-11-5-3-7;1-7(6-9)8-2-4-10-5-3-8;1-7(2)8-3-5-9-6-4-8;1-6(9)7-2-4-8-5-3-7/h4-10,17H,11-14H2,1-3H3;5-11,24H,2,12-14H2,1,3-4H3;4-5,7-8H,1,6,9-11H2,2-3H3;2-5H,6H2,1H3;2-5H,1,6H2;3-6H,1H2,2H3;2-5H,1H3. The molecule has 107 heavy (non-hydrogen) atoms. The van der Waals surface area contributed by atoms with E-state index in [0.29, 0.717) is 23.7 Å². The van der Waals surface area contributed by atoms with E-state index in [1.165, 1.54) is 79.8 Å². The summed E-state index contributed by atoms with van der Waals surface area (Å²) in [6.07, 6.45) is 28.5. The van der Waals surface area contributed by atoms with Crippen molar-refractivity contribution >= 4 is 103 Å². The highest BCUT2D eigenvalue weighted by Gasteiger charge is 2.45. The zero-order valence-electron chi connectivity index (χ0n) is 64.1. The maximum absolute atomic E-state index is 12.1. The number of carbonyl (C=O) groups is 2. The molecule has 1 saturated heterocycles. The Bertz CT molecular complexity index is 4740. The van der Waals surface area contributed by atoms with Crippen LogP contribution in [0.25, 0.3) is 44.1 Å². The van der Waals surface area contributed by atoms with Crippen LogP contribution in [0.5, 0.6) is 0 Å². The summed E-state index contributed by atoms with van der Waals surface area (Å²) in [6.45, 7) is 40.0. The zero-order valence-corrected chi connectivity index (χ0v) is 68.9. The summed E-state index contributed by atoms with van der Waals surface area (Å²) in [4.78, 5) is 61.5. The van der Waals surface area contributed by atoms with Gasteiger partial charge in [0.15, 0.2) is 5.78 Å². The lowest BCUT2D eigenvalue weighted by Crippen LogP contribution is -2.47. The van der Waals surface area contributed by atoms with Gasteiger partial charge in [-0.05, 0) is 245 Å². The van der Waals surface area contributed by atoms with Crippen LogP contribution in [0.2, 0.25) is 0 Å². The highest BCUT2D eigenvalue weighted by atomic mass is 79.9. The van der Waals surface area contributed by atoms with E-state index in [4.69, 9.17) is 0 Å². The number of hydrogen-bond acceptors (Lipinski definition) is 12. The number of fused-ring (bicyclic) bond motifs is 6. The fraction of sp³-hybridized carbons (Fsp3) is 0.322. The third-order valence-corrected chi connectivity index (χ3v) is 23.7. The SMILES string of the molecule is C=C(C)c1ccncc1.C=C(CBr)c1ccncc1.C=C(CC1(C)CN(C)CCC1=O)c1ccncc1.C=C(CC1(C)CN(C)Cc2c1[nH]c1ccc(C)cc21)c1ccncc1.CC(=O)c1ccncc1.CC(Br)(CBr)c1ccncc1.Cc1ccc2c(c1)c1c3n2CC(c2ccncc2)CC3(C)CN(C)C1. The van der Waals surface area contributed by atoms with Crippen LogP contribution in [0.4, 0.5) is 0 Å². The van der Waals surface area contributed by atoms with Gasteiger partial charge < -0.3 is 24.3 Å². The van der Waals surface area contributed by atoms with Gasteiger partial charge in [-0.15, -0.1) is 0 Å². The molecule has 4 aliphatic rings. The maximum Gasteiger partial charge on any atom is 0.159 e. The summed E-state index contributed by atoms with van der Waals surface area (Å²) in [7, 11) is 6.55. The molecular formula is C90H103Br3N12O2. The summed E-state index contributed by atoms with van der Waals surface area (Å²) >= 11 is 10.4. The van der Waals surface area contributed by atoms with E-state index < -0.39 is 0 Å². The number of aromatic amines is 1. The Morgan fingerprint density at radius 1 is 0.551 bits per heavy atom. The van der Waals surface area contributed by atoms with Crippen LogP contribution in [0.15, 0.2) is 234 Å². The lowest BCUT2D eigenvalue weighted by atomic mass is 9.70. The fourth-order valence-corrected chi connectivity index (χ4v) is 16.0. The van der Waals surface area contributed by atoms with E-state index in [9.17, 15) is 9.59 Å². The van der Waals surface area contributed by atoms with Gasteiger partial charge in [-0.2, -0.15) is 0 Å². The van der Waals surface area contributed by atoms with Crippen LogP contribution < -0.4 is 0 Å². The molecule has 556 valence electrons. The van der Waals surface area contributed by atoms with Gasteiger partial charge in [0.25, 0.3) is 0 Å². The summed E-state index contributed by atoms with van der Waals surface area (Å²) in [5.74, 6) is 0.991. The van der Waals surface area contributed by atoms with Crippen molar-refractivity contribution in [1.29, 1.82) is 0 Å². The minimum atomic E-state index is -0.298. The molecular weight excluding hydrogens is 1520 g/mol. The molecule has 2 aromatic carbocycles. The first kappa shape index (κ1) is 82.3. The van der Waals surface area contributed by atoms with E-state index >= 15 is 0 Å². The van der Waals surface area contributed by atoms with Crippen LogP contribution >= 0.6 is 47.8 Å². The molecule has 14 nitrogen and oxygen atoms in total. The molecule has 1 fully saturated rings. The number of alkyl halides is 3. The van der Waals surface area contributed by atoms with Crippen LogP contribution in [-0.2, 0) is 39.6 Å². The predicted molar refractivity (Wildman–Crippen MR) is 454 cm³/mol. The highest BCUT2D eigenvalue weighted by molar-refractivity contribution is 9.12. The number of aromatic nitrogens is 9. The highest BCUT2D eigenvalue weighted by Crippen LogP contribution is 2.49. The number of piperidine rings is 1. The second-order valence-electron chi connectivity index (χ2n) is 30.0. The number of aryl methyl sites for hydroxylation is 2. The number of benzene rings is 2. The number of nitrogens with zero attached hydrogens (tertiary/aromatic N) is 11. The molecule has 0 amide bonds. The Kier molecular flexibility index (Phi) is 29.1. The average molecular weight is 1620 g/mol. The minimum absolute atomic E-state index is 0.0234. The molecule has 5 atom stereocenters. The number of hydrogen-bond donors (Lipinski definition) is 1. The molecule has 17 heteroatoms. The molecule has 0 saturated carbocycles. The number of halogens is 3. The topological polar surface area (TPSA) is 155 Å². The smallest absolute Gasteiger partial charge is 0.159 e. The molecule has 1 N–H and O–H groups in total.